The second-order valence-corrected chi connectivity index (χ2v) is 8.90. The third kappa shape index (κ3) is 7.55. The fourth-order valence-corrected chi connectivity index (χ4v) is 3.97. The largest absolute Gasteiger partial charge is 0.493 e. The van der Waals surface area contributed by atoms with Crippen LogP contribution in [0.5, 0.6) is 5.75 Å². The van der Waals surface area contributed by atoms with Crippen molar-refractivity contribution in [2.45, 2.75) is 6.42 Å². The van der Waals surface area contributed by atoms with Crippen molar-refractivity contribution in [1.82, 2.24) is 15.2 Å². The average molecular weight is 521 g/mol. The highest BCUT2D eigenvalue weighted by atomic mass is 35.5. The molecule has 0 atom stereocenters. The number of nitrogens with one attached hydrogen (secondary N) is 1. The fourth-order valence-electron chi connectivity index (χ4n) is 3.81. The molecule has 0 saturated carbocycles. The van der Waals surface area contributed by atoms with Crippen LogP contribution in [0.3, 0.4) is 0 Å². The molecule has 2 heterocycles. The van der Waals surface area contributed by atoms with Gasteiger partial charge in [0.15, 0.2) is 0 Å². The normalized spacial score (nSPS) is 13.5. The Labute approximate surface area is 221 Å². The summed E-state index contributed by atoms with van der Waals surface area (Å²) < 4.78 is 11.3. The molecule has 0 radical (unpaired) electrons. The summed E-state index contributed by atoms with van der Waals surface area (Å²) in [5.74, 6) is 0.874. The van der Waals surface area contributed by atoms with Crippen LogP contribution in [0.15, 0.2) is 66.9 Å². The van der Waals surface area contributed by atoms with Gasteiger partial charge in [-0.2, -0.15) is 0 Å². The van der Waals surface area contributed by atoms with Crippen LogP contribution in [0.2, 0.25) is 5.02 Å². The van der Waals surface area contributed by atoms with Gasteiger partial charge in [-0.25, -0.2) is 4.98 Å². The van der Waals surface area contributed by atoms with Gasteiger partial charge in [0.05, 0.1) is 19.8 Å². The summed E-state index contributed by atoms with van der Waals surface area (Å²) in [6.45, 7) is 3.19. The monoisotopic (exact) mass is 520 g/mol. The van der Waals surface area contributed by atoms with E-state index < -0.39 is 0 Å². The highest BCUT2D eigenvalue weighted by Crippen LogP contribution is 2.33. The van der Waals surface area contributed by atoms with Gasteiger partial charge >= 0.3 is 0 Å². The van der Waals surface area contributed by atoms with Crippen LogP contribution < -0.4 is 15.8 Å². The Kier molecular flexibility index (Phi) is 9.13. The molecule has 2 aromatic carbocycles. The summed E-state index contributed by atoms with van der Waals surface area (Å²) >= 11 is 6.22. The molecule has 1 fully saturated rings. The zero-order valence-electron chi connectivity index (χ0n) is 20.4. The van der Waals surface area contributed by atoms with Crippen LogP contribution in [0, 0.1) is 0 Å². The summed E-state index contributed by atoms with van der Waals surface area (Å²) in [5, 5.41) is 3.39. The first-order valence-electron chi connectivity index (χ1n) is 12.1. The lowest BCUT2D eigenvalue weighted by Crippen LogP contribution is -2.40. The van der Waals surface area contributed by atoms with E-state index in [1.165, 1.54) is 6.08 Å². The summed E-state index contributed by atoms with van der Waals surface area (Å²) in [6.07, 6.45) is 5.35. The molecule has 2 amide bonds. The van der Waals surface area contributed by atoms with Crippen LogP contribution in [0.1, 0.15) is 22.3 Å². The van der Waals surface area contributed by atoms with Gasteiger partial charge < -0.3 is 25.4 Å². The van der Waals surface area contributed by atoms with Gasteiger partial charge in [0.2, 0.25) is 5.91 Å². The lowest BCUT2D eigenvalue weighted by molar-refractivity contribution is -0.116. The molecule has 0 unspecified atom stereocenters. The van der Waals surface area contributed by atoms with Crippen molar-refractivity contribution in [1.29, 1.82) is 0 Å². The number of aromatic nitrogens is 1. The number of ether oxygens (including phenoxy) is 2. The van der Waals surface area contributed by atoms with Gasteiger partial charge in [0.1, 0.15) is 11.6 Å². The Morgan fingerprint density at radius 3 is 2.62 bits per heavy atom. The Balaban J connectivity index is 1.29. The molecule has 0 bridgehead atoms. The summed E-state index contributed by atoms with van der Waals surface area (Å²) in [6, 6.07) is 16.4. The van der Waals surface area contributed by atoms with E-state index in [-0.39, 0.29) is 11.8 Å². The number of amides is 2. The van der Waals surface area contributed by atoms with E-state index in [1.807, 2.05) is 30.3 Å². The number of halogens is 1. The van der Waals surface area contributed by atoms with Crippen LogP contribution in [-0.2, 0) is 9.53 Å². The Morgan fingerprint density at radius 1 is 1.11 bits per heavy atom. The Bertz CT molecular complexity index is 1240. The van der Waals surface area contributed by atoms with Gasteiger partial charge in [0.25, 0.3) is 5.91 Å². The molecule has 8 nitrogen and oxygen atoms in total. The quantitative estimate of drug-likeness (QED) is 0.325. The van der Waals surface area contributed by atoms with Crippen LogP contribution in [0.4, 0.5) is 5.82 Å². The van der Waals surface area contributed by atoms with E-state index in [0.717, 1.165) is 16.7 Å². The zero-order chi connectivity index (χ0) is 26.0. The van der Waals surface area contributed by atoms with E-state index in [0.29, 0.717) is 68.0 Å². The van der Waals surface area contributed by atoms with Crippen LogP contribution in [-0.4, -0.2) is 61.2 Å². The lowest BCUT2D eigenvalue weighted by Gasteiger charge is -2.26. The van der Waals surface area contributed by atoms with Gasteiger partial charge in [-0.1, -0.05) is 23.7 Å². The molecular weight excluding hydrogens is 492 g/mol. The average Bonchev–Trinajstić information content (AvgIpc) is 2.93. The van der Waals surface area contributed by atoms with Gasteiger partial charge in [-0.05, 0) is 66.1 Å². The van der Waals surface area contributed by atoms with Crippen molar-refractivity contribution >= 4 is 35.3 Å². The molecule has 1 aliphatic heterocycles. The number of nitrogens with zero attached hydrogens (tertiary/aromatic N) is 2. The number of nitrogens with two attached hydrogens (primary N) is 1. The van der Waals surface area contributed by atoms with E-state index >= 15 is 0 Å². The molecule has 37 heavy (non-hydrogen) atoms. The number of nitrogen functional groups attached to an aromatic ring is 1. The summed E-state index contributed by atoms with van der Waals surface area (Å²) in [7, 11) is 0. The number of pyridine rings is 1. The third-order valence-electron chi connectivity index (χ3n) is 5.80. The maximum Gasteiger partial charge on any atom is 0.254 e. The van der Waals surface area contributed by atoms with Crippen molar-refractivity contribution in [2.24, 2.45) is 0 Å². The fraction of sp³-hybridized carbons (Fsp3) is 0.250. The van der Waals surface area contributed by atoms with Crippen molar-refractivity contribution < 1.29 is 19.1 Å². The maximum absolute atomic E-state index is 12.7. The standard InChI is InChI=1S/C28H29ClN4O4/c29-23-8-9-24(21-4-6-22(7-5-21)28(35)33-13-16-36-17-14-33)25(18-23)37-15-1-12-31-27(34)11-3-20-2-10-26(30)32-19-20/h2-11,18-19H,1,12-17H2,(H2,30,32)(H,31,34)/b11-3+. The predicted molar refractivity (Wildman–Crippen MR) is 144 cm³/mol. The maximum atomic E-state index is 12.7. The van der Waals surface area contributed by atoms with Gasteiger partial charge in [0, 0.05) is 48.1 Å². The number of morpholine rings is 1. The minimum Gasteiger partial charge on any atom is -0.493 e. The molecule has 0 spiro atoms. The third-order valence-corrected chi connectivity index (χ3v) is 6.03. The molecule has 1 saturated heterocycles. The first-order chi connectivity index (χ1) is 18.0. The minimum absolute atomic E-state index is 0.00412. The first-order valence-corrected chi connectivity index (χ1v) is 12.4. The van der Waals surface area contributed by atoms with E-state index in [9.17, 15) is 9.59 Å². The highest BCUT2D eigenvalue weighted by Gasteiger charge is 2.18. The van der Waals surface area contributed by atoms with E-state index in [2.05, 4.69) is 10.3 Å². The highest BCUT2D eigenvalue weighted by molar-refractivity contribution is 6.30. The Hall–Kier alpha value is -3.88. The number of rotatable bonds is 9. The van der Waals surface area contributed by atoms with Crippen molar-refractivity contribution in [3.63, 3.8) is 0 Å². The molecule has 3 N–H and O–H groups in total. The molecular formula is C28H29ClN4O4. The molecule has 3 aromatic rings. The second-order valence-electron chi connectivity index (χ2n) is 8.47. The number of carbonyl (C=O) groups excluding carboxylic acids is 2. The van der Waals surface area contributed by atoms with E-state index in [1.54, 1.807) is 41.4 Å². The molecule has 0 aliphatic carbocycles. The number of anilines is 1. The minimum atomic E-state index is -0.202. The molecule has 4 rings (SSSR count). The summed E-state index contributed by atoms with van der Waals surface area (Å²) in [4.78, 5) is 30.6. The molecule has 192 valence electrons. The smallest absolute Gasteiger partial charge is 0.254 e. The topological polar surface area (TPSA) is 107 Å². The van der Waals surface area contributed by atoms with Crippen LogP contribution in [0.25, 0.3) is 17.2 Å². The van der Waals surface area contributed by atoms with Crippen molar-refractivity contribution in [3.8, 4) is 16.9 Å². The molecule has 1 aromatic heterocycles. The zero-order valence-corrected chi connectivity index (χ0v) is 21.1. The Morgan fingerprint density at radius 2 is 1.89 bits per heavy atom. The van der Waals surface area contributed by atoms with Gasteiger partial charge in [-0.15, -0.1) is 0 Å². The first kappa shape index (κ1) is 26.2. The number of hydrogen-bond donors (Lipinski definition) is 2. The lowest BCUT2D eigenvalue weighted by atomic mass is 10.0. The number of carbonyl (C=O) groups is 2. The number of benzene rings is 2. The summed E-state index contributed by atoms with van der Waals surface area (Å²) in [5.41, 5.74) is 8.78. The molecule has 1 aliphatic rings. The van der Waals surface area contributed by atoms with E-state index in [4.69, 9.17) is 26.8 Å². The molecule has 9 heteroatoms. The van der Waals surface area contributed by atoms with Crippen molar-refractivity contribution in [2.75, 3.05) is 45.2 Å². The number of hydrogen-bond acceptors (Lipinski definition) is 6. The second kappa shape index (κ2) is 12.9. The SMILES string of the molecule is Nc1ccc(/C=C/C(=O)NCCCOc2cc(Cl)ccc2-c2ccc(C(=O)N3CCOCC3)cc2)cn1. The van der Waals surface area contributed by atoms with Crippen LogP contribution >= 0.6 is 11.6 Å². The predicted octanol–water partition coefficient (Wildman–Crippen LogP) is 4.06. The van der Waals surface area contributed by atoms with Crippen molar-refractivity contribution in [3.05, 3.63) is 83.0 Å². The van der Waals surface area contributed by atoms with Gasteiger partial charge in [-0.3, -0.25) is 9.59 Å².